The Balaban J connectivity index is 2.80. The molecule has 1 aromatic heterocycles. The molecule has 0 fully saturated rings. The third kappa shape index (κ3) is 2.63. The fourth-order valence-corrected chi connectivity index (χ4v) is 1.93. The highest BCUT2D eigenvalue weighted by molar-refractivity contribution is 5.74. The van der Waals surface area contributed by atoms with E-state index in [9.17, 15) is 17.6 Å². The lowest BCUT2D eigenvalue weighted by Crippen LogP contribution is -2.11. The first kappa shape index (κ1) is 15.5. The van der Waals surface area contributed by atoms with E-state index in [1.54, 1.807) is 6.07 Å². The molecule has 9 heteroatoms. The highest BCUT2D eigenvalue weighted by Gasteiger charge is 2.35. The number of benzene rings is 1. The first-order valence-corrected chi connectivity index (χ1v) is 5.86. The van der Waals surface area contributed by atoms with Gasteiger partial charge in [-0.25, -0.2) is 9.37 Å². The number of anilines is 2. The van der Waals surface area contributed by atoms with Gasteiger partial charge < -0.3 is 11.5 Å². The number of halogens is 4. The van der Waals surface area contributed by atoms with Gasteiger partial charge in [-0.05, 0) is 24.6 Å². The average molecular weight is 311 g/mol. The second kappa shape index (κ2) is 5.14. The maximum absolute atomic E-state index is 13.7. The summed E-state index contributed by atoms with van der Waals surface area (Å²) in [5.74, 6) is -1.95. The van der Waals surface area contributed by atoms with E-state index >= 15 is 0 Å². The van der Waals surface area contributed by atoms with Crippen LogP contribution in [0.1, 0.15) is 16.7 Å². The van der Waals surface area contributed by atoms with Gasteiger partial charge in [0.25, 0.3) is 0 Å². The summed E-state index contributed by atoms with van der Waals surface area (Å²) in [6, 6.07) is 3.39. The largest absolute Gasteiger partial charge is 0.419 e. The summed E-state index contributed by atoms with van der Waals surface area (Å²) in [5, 5.41) is 9.06. The molecule has 0 saturated heterocycles. The van der Waals surface area contributed by atoms with Gasteiger partial charge in [0.2, 0.25) is 5.95 Å². The number of nitrogens with two attached hydrogens (primary N) is 2. The monoisotopic (exact) mass is 311 g/mol. The number of nitriles is 1. The maximum atomic E-state index is 13.7. The molecule has 0 aliphatic rings. The van der Waals surface area contributed by atoms with Gasteiger partial charge in [-0.1, -0.05) is 0 Å². The van der Waals surface area contributed by atoms with Crippen molar-refractivity contribution in [1.82, 2.24) is 9.97 Å². The van der Waals surface area contributed by atoms with Crippen molar-refractivity contribution < 1.29 is 17.6 Å². The number of hydrogen-bond acceptors (Lipinski definition) is 5. The summed E-state index contributed by atoms with van der Waals surface area (Å²) in [6.07, 6.45) is -4.89. The predicted octanol–water partition coefficient (Wildman–Crippen LogP) is 2.65. The molecule has 114 valence electrons. The van der Waals surface area contributed by atoms with Crippen molar-refractivity contribution in [3.05, 3.63) is 34.6 Å². The molecule has 22 heavy (non-hydrogen) atoms. The lowest BCUT2D eigenvalue weighted by atomic mass is 10.0. The van der Waals surface area contributed by atoms with Crippen molar-refractivity contribution in [3.63, 3.8) is 0 Å². The highest BCUT2D eigenvalue weighted by Crippen LogP contribution is 2.36. The van der Waals surface area contributed by atoms with Crippen LogP contribution in [-0.2, 0) is 6.18 Å². The maximum Gasteiger partial charge on any atom is 0.419 e. The third-order valence-electron chi connectivity index (χ3n) is 2.90. The van der Waals surface area contributed by atoms with E-state index in [2.05, 4.69) is 9.97 Å². The second-order valence-corrected chi connectivity index (χ2v) is 4.45. The number of aromatic nitrogens is 2. The Morgan fingerprint density at radius 3 is 2.36 bits per heavy atom. The summed E-state index contributed by atoms with van der Waals surface area (Å²) in [4.78, 5) is 7.31. The van der Waals surface area contributed by atoms with Gasteiger partial charge in [0.15, 0.2) is 0 Å². The zero-order valence-corrected chi connectivity index (χ0v) is 11.2. The van der Waals surface area contributed by atoms with Gasteiger partial charge in [-0.2, -0.15) is 23.4 Å². The molecule has 0 radical (unpaired) electrons. The Hall–Kier alpha value is -2.89. The molecular formula is C13H9F4N5. The van der Waals surface area contributed by atoms with E-state index in [1.807, 2.05) is 0 Å². The summed E-state index contributed by atoms with van der Waals surface area (Å²) < 4.78 is 52.3. The molecule has 2 rings (SSSR count). The molecule has 0 atom stereocenters. The van der Waals surface area contributed by atoms with Crippen LogP contribution in [0.4, 0.5) is 29.3 Å². The molecule has 0 spiro atoms. The topological polar surface area (TPSA) is 102 Å². The fraction of sp³-hybridized carbons (Fsp3) is 0.154. The van der Waals surface area contributed by atoms with Crippen molar-refractivity contribution in [2.75, 3.05) is 11.5 Å². The molecule has 2 aromatic rings. The standard InChI is InChI=1S/C13H9F4N5/c1-5-2-6(3-8(9(5)14)13(15,16)17)10-7(4-18)11(19)22-12(20)21-10/h2-3H,1H3,(H4,19,20,21,22). The minimum absolute atomic E-state index is 0.122. The third-order valence-corrected chi connectivity index (χ3v) is 2.90. The van der Waals surface area contributed by atoms with E-state index in [-0.39, 0.29) is 34.2 Å². The molecule has 0 unspecified atom stereocenters. The molecule has 5 nitrogen and oxygen atoms in total. The first-order valence-electron chi connectivity index (χ1n) is 5.86. The number of aryl methyl sites for hydroxylation is 1. The van der Waals surface area contributed by atoms with Crippen LogP contribution >= 0.6 is 0 Å². The molecule has 0 amide bonds. The van der Waals surface area contributed by atoms with E-state index in [1.165, 1.54) is 6.92 Å². The lowest BCUT2D eigenvalue weighted by Gasteiger charge is -2.13. The fourth-order valence-electron chi connectivity index (χ4n) is 1.93. The molecule has 4 N–H and O–H groups in total. The number of nitrogen functional groups attached to an aromatic ring is 2. The predicted molar refractivity (Wildman–Crippen MR) is 70.7 cm³/mol. The van der Waals surface area contributed by atoms with Gasteiger partial charge in [-0.3, -0.25) is 0 Å². The number of alkyl halides is 3. The Morgan fingerprint density at radius 2 is 1.82 bits per heavy atom. The molecule has 0 aliphatic carbocycles. The summed E-state index contributed by atoms with van der Waals surface area (Å²) >= 11 is 0. The van der Waals surface area contributed by atoms with Crippen LogP contribution in [0.2, 0.25) is 0 Å². The molecule has 0 aliphatic heterocycles. The molecule has 1 aromatic carbocycles. The van der Waals surface area contributed by atoms with Crippen LogP contribution in [0, 0.1) is 24.1 Å². The highest BCUT2D eigenvalue weighted by atomic mass is 19.4. The zero-order valence-electron chi connectivity index (χ0n) is 11.2. The van der Waals surface area contributed by atoms with Crippen molar-refractivity contribution >= 4 is 11.8 Å². The van der Waals surface area contributed by atoms with Crippen molar-refractivity contribution in [1.29, 1.82) is 5.26 Å². The van der Waals surface area contributed by atoms with E-state index in [0.29, 0.717) is 6.07 Å². The van der Waals surface area contributed by atoms with Gasteiger partial charge in [0.1, 0.15) is 23.3 Å². The minimum atomic E-state index is -4.89. The Bertz CT molecular complexity index is 792. The Kier molecular flexibility index (Phi) is 3.62. The van der Waals surface area contributed by atoms with Crippen LogP contribution < -0.4 is 11.5 Å². The van der Waals surface area contributed by atoms with Crippen LogP contribution in [-0.4, -0.2) is 9.97 Å². The van der Waals surface area contributed by atoms with E-state index < -0.39 is 17.6 Å². The van der Waals surface area contributed by atoms with E-state index in [4.69, 9.17) is 16.7 Å². The van der Waals surface area contributed by atoms with Crippen LogP contribution in [0.25, 0.3) is 11.3 Å². The van der Waals surface area contributed by atoms with Crippen LogP contribution in [0.15, 0.2) is 12.1 Å². The number of rotatable bonds is 1. The summed E-state index contributed by atoms with van der Waals surface area (Å²) in [7, 11) is 0. The Morgan fingerprint density at radius 1 is 1.18 bits per heavy atom. The quantitative estimate of drug-likeness (QED) is 0.788. The molecule has 0 saturated carbocycles. The van der Waals surface area contributed by atoms with Gasteiger partial charge in [0.05, 0.1) is 11.3 Å². The van der Waals surface area contributed by atoms with Crippen molar-refractivity contribution in [3.8, 4) is 17.3 Å². The smallest absolute Gasteiger partial charge is 0.382 e. The van der Waals surface area contributed by atoms with E-state index in [0.717, 1.165) is 6.07 Å². The summed E-state index contributed by atoms with van der Waals surface area (Å²) in [6.45, 7) is 1.17. The molecule has 0 bridgehead atoms. The normalized spacial score (nSPS) is 11.3. The van der Waals surface area contributed by atoms with Crippen molar-refractivity contribution in [2.45, 2.75) is 13.1 Å². The van der Waals surface area contributed by atoms with Crippen LogP contribution in [0.5, 0.6) is 0 Å². The van der Waals surface area contributed by atoms with Gasteiger partial charge >= 0.3 is 6.18 Å². The number of hydrogen-bond donors (Lipinski definition) is 2. The van der Waals surface area contributed by atoms with Gasteiger partial charge in [0, 0.05) is 5.56 Å². The second-order valence-electron chi connectivity index (χ2n) is 4.45. The number of nitrogens with zero attached hydrogens (tertiary/aromatic N) is 3. The molecular weight excluding hydrogens is 302 g/mol. The lowest BCUT2D eigenvalue weighted by molar-refractivity contribution is -0.140. The van der Waals surface area contributed by atoms with Crippen LogP contribution in [0.3, 0.4) is 0 Å². The summed E-state index contributed by atoms with van der Waals surface area (Å²) in [5.41, 5.74) is 8.68. The van der Waals surface area contributed by atoms with Gasteiger partial charge in [-0.15, -0.1) is 0 Å². The minimum Gasteiger partial charge on any atom is -0.382 e. The first-order chi connectivity index (χ1) is 10.1. The zero-order chi connectivity index (χ0) is 16.7. The van der Waals surface area contributed by atoms with Crippen molar-refractivity contribution in [2.24, 2.45) is 0 Å². The Labute approximate surface area is 122 Å². The SMILES string of the molecule is Cc1cc(-c2nc(N)nc(N)c2C#N)cc(C(F)(F)F)c1F. The average Bonchev–Trinajstić information content (AvgIpc) is 2.39. The molecule has 1 heterocycles.